The van der Waals surface area contributed by atoms with E-state index in [0.29, 0.717) is 25.2 Å². The Bertz CT molecular complexity index is 1190. The van der Waals surface area contributed by atoms with E-state index >= 15 is 0 Å². The van der Waals surface area contributed by atoms with Crippen molar-refractivity contribution in [2.24, 2.45) is 5.73 Å². The minimum atomic E-state index is -0.926. The third-order valence-corrected chi connectivity index (χ3v) is 5.74. The van der Waals surface area contributed by atoms with E-state index in [9.17, 15) is 9.59 Å². The highest BCUT2D eigenvalue weighted by Gasteiger charge is 2.32. The van der Waals surface area contributed by atoms with Crippen LogP contribution in [-0.4, -0.2) is 34.3 Å². The lowest BCUT2D eigenvalue weighted by Gasteiger charge is -2.19. The molecule has 160 valence electrons. The highest BCUT2D eigenvalue weighted by molar-refractivity contribution is 5.98. The number of amides is 2. The highest BCUT2D eigenvalue weighted by atomic mass is 16.3. The van der Waals surface area contributed by atoms with E-state index in [-0.39, 0.29) is 11.8 Å². The molecule has 2 aromatic heterocycles. The van der Waals surface area contributed by atoms with Gasteiger partial charge in [-0.15, -0.1) is 0 Å². The Kier molecular flexibility index (Phi) is 5.37. The number of anilines is 1. The van der Waals surface area contributed by atoms with Crippen LogP contribution >= 0.6 is 0 Å². The standard InChI is InChI=1S/C24H26N4O3/c1-15-19(18-6-4-5-7-20(18)31-15)14-28(3)21(29)9-8-16-12-17-10-11-24(2,25)23(30)27-22(17)26-13-16/h4-9,12-13H,10-11,14,25H2,1-3H3,(H,26,27,30)/b9-8+/t24-/m0/s1. The number of hydrogen-bond donors (Lipinski definition) is 2. The van der Waals surface area contributed by atoms with Gasteiger partial charge >= 0.3 is 0 Å². The molecule has 1 atom stereocenters. The summed E-state index contributed by atoms with van der Waals surface area (Å²) in [6.07, 6.45) is 6.07. The maximum Gasteiger partial charge on any atom is 0.246 e. The molecule has 0 aliphatic carbocycles. The van der Waals surface area contributed by atoms with Gasteiger partial charge in [-0.1, -0.05) is 18.2 Å². The van der Waals surface area contributed by atoms with Crippen molar-refractivity contribution in [2.45, 2.75) is 38.8 Å². The van der Waals surface area contributed by atoms with Crippen LogP contribution in [0.3, 0.4) is 0 Å². The number of aromatic nitrogens is 1. The monoisotopic (exact) mass is 418 g/mol. The number of nitrogens with two attached hydrogens (primary N) is 1. The Morgan fingerprint density at radius 3 is 2.97 bits per heavy atom. The summed E-state index contributed by atoms with van der Waals surface area (Å²) in [5, 5.41) is 3.81. The van der Waals surface area contributed by atoms with E-state index in [1.807, 2.05) is 37.3 Å². The molecule has 1 aliphatic heterocycles. The van der Waals surface area contributed by atoms with Gasteiger partial charge in [-0.05, 0) is 56.0 Å². The van der Waals surface area contributed by atoms with Crippen molar-refractivity contribution in [3.05, 3.63) is 65.1 Å². The summed E-state index contributed by atoms with van der Waals surface area (Å²) in [7, 11) is 1.76. The Hall–Kier alpha value is -3.45. The van der Waals surface area contributed by atoms with E-state index in [1.165, 1.54) is 6.08 Å². The summed E-state index contributed by atoms with van der Waals surface area (Å²) in [5.74, 6) is 0.985. The molecule has 0 radical (unpaired) electrons. The molecule has 2 amide bonds. The number of furan rings is 1. The molecule has 4 rings (SSSR count). The van der Waals surface area contributed by atoms with Gasteiger partial charge in [-0.3, -0.25) is 9.59 Å². The van der Waals surface area contributed by atoms with Gasteiger partial charge in [0.05, 0.1) is 5.54 Å². The molecule has 0 unspecified atom stereocenters. The lowest BCUT2D eigenvalue weighted by atomic mass is 9.95. The van der Waals surface area contributed by atoms with E-state index < -0.39 is 5.54 Å². The van der Waals surface area contributed by atoms with Gasteiger partial charge in [0.15, 0.2) is 0 Å². The number of carbonyl (C=O) groups is 2. The number of nitrogens with zero attached hydrogens (tertiary/aromatic N) is 2. The van der Waals surface area contributed by atoms with E-state index in [2.05, 4.69) is 10.3 Å². The van der Waals surface area contributed by atoms with Gasteiger partial charge in [0, 0.05) is 36.8 Å². The first kappa shape index (κ1) is 20.8. The first-order chi connectivity index (χ1) is 14.7. The summed E-state index contributed by atoms with van der Waals surface area (Å²) in [5.41, 5.74) is 8.66. The zero-order valence-electron chi connectivity index (χ0n) is 17.9. The Morgan fingerprint density at radius 1 is 1.39 bits per heavy atom. The first-order valence-electron chi connectivity index (χ1n) is 10.2. The van der Waals surface area contributed by atoms with Crippen LogP contribution in [0.15, 0.2) is 47.0 Å². The fourth-order valence-electron chi connectivity index (χ4n) is 3.71. The Labute approximate surface area is 180 Å². The molecule has 7 nitrogen and oxygen atoms in total. The van der Waals surface area contributed by atoms with Crippen molar-refractivity contribution in [1.29, 1.82) is 0 Å². The molecule has 3 aromatic rings. The van der Waals surface area contributed by atoms with Crippen LogP contribution in [0, 0.1) is 6.92 Å². The molecule has 3 heterocycles. The van der Waals surface area contributed by atoms with Gasteiger partial charge < -0.3 is 20.4 Å². The van der Waals surface area contributed by atoms with Crippen LogP contribution in [0.4, 0.5) is 5.82 Å². The quantitative estimate of drug-likeness (QED) is 0.632. The van der Waals surface area contributed by atoms with Crippen LogP contribution in [0.2, 0.25) is 0 Å². The topological polar surface area (TPSA) is 101 Å². The number of rotatable bonds is 4. The van der Waals surface area contributed by atoms with Crippen molar-refractivity contribution < 1.29 is 14.0 Å². The lowest BCUT2D eigenvalue weighted by molar-refractivity contribution is -0.125. The van der Waals surface area contributed by atoms with Crippen LogP contribution < -0.4 is 11.1 Å². The van der Waals surface area contributed by atoms with Gasteiger partial charge in [0.1, 0.15) is 17.2 Å². The second kappa shape index (κ2) is 8.00. The van der Waals surface area contributed by atoms with E-state index in [4.69, 9.17) is 10.2 Å². The van der Waals surface area contributed by atoms with Crippen molar-refractivity contribution >= 4 is 34.7 Å². The minimum Gasteiger partial charge on any atom is -0.461 e. The third kappa shape index (κ3) is 4.22. The number of likely N-dealkylation sites (N-methyl/N-ethyl adjacent to an activating group) is 1. The predicted octanol–water partition coefficient (Wildman–Crippen LogP) is 3.41. The van der Waals surface area contributed by atoms with Crippen molar-refractivity contribution in [3.63, 3.8) is 0 Å². The van der Waals surface area contributed by atoms with E-state index in [0.717, 1.165) is 33.4 Å². The smallest absolute Gasteiger partial charge is 0.246 e. The minimum absolute atomic E-state index is 0.123. The maximum atomic E-state index is 12.7. The number of nitrogens with one attached hydrogen (secondary N) is 1. The van der Waals surface area contributed by atoms with Crippen molar-refractivity contribution in [1.82, 2.24) is 9.88 Å². The number of benzene rings is 1. The molecular weight excluding hydrogens is 392 g/mol. The average molecular weight is 418 g/mol. The van der Waals surface area contributed by atoms with Crippen LogP contribution in [0.25, 0.3) is 17.0 Å². The molecule has 3 N–H and O–H groups in total. The van der Waals surface area contributed by atoms with E-state index in [1.54, 1.807) is 31.1 Å². The van der Waals surface area contributed by atoms with Gasteiger partial charge in [0.25, 0.3) is 0 Å². The number of fused-ring (bicyclic) bond motifs is 2. The number of pyridine rings is 1. The second-order valence-corrected chi connectivity index (χ2v) is 8.31. The largest absolute Gasteiger partial charge is 0.461 e. The van der Waals surface area contributed by atoms with Crippen LogP contribution in [0.5, 0.6) is 0 Å². The molecule has 31 heavy (non-hydrogen) atoms. The molecule has 1 aliphatic rings. The zero-order valence-corrected chi connectivity index (χ0v) is 17.9. The molecule has 0 spiro atoms. The Balaban J connectivity index is 1.47. The lowest BCUT2D eigenvalue weighted by Crippen LogP contribution is -2.47. The second-order valence-electron chi connectivity index (χ2n) is 8.31. The molecule has 1 aromatic carbocycles. The highest BCUT2D eigenvalue weighted by Crippen LogP contribution is 2.27. The maximum absolute atomic E-state index is 12.7. The number of para-hydroxylation sites is 1. The SMILES string of the molecule is Cc1oc2ccccc2c1CN(C)C(=O)/C=C/c1cnc2c(c1)CC[C@](C)(N)C(=O)N2. The summed E-state index contributed by atoms with van der Waals surface area (Å²) in [6, 6.07) is 9.75. The number of hydrogen-bond acceptors (Lipinski definition) is 5. The van der Waals surface area contributed by atoms with Crippen molar-refractivity contribution in [3.8, 4) is 0 Å². The summed E-state index contributed by atoms with van der Waals surface area (Å²) >= 11 is 0. The van der Waals surface area contributed by atoms with Gasteiger partial charge in [-0.25, -0.2) is 4.98 Å². The third-order valence-electron chi connectivity index (χ3n) is 5.74. The summed E-state index contributed by atoms with van der Waals surface area (Å²) in [4.78, 5) is 30.8. The molecular formula is C24H26N4O3. The fourth-order valence-corrected chi connectivity index (χ4v) is 3.71. The number of carbonyl (C=O) groups excluding carboxylic acids is 2. The normalized spacial score (nSPS) is 18.6. The molecule has 7 heteroatoms. The Morgan fingerprint density at radius 2 is 2.16 bits per heavy atom. The average Bonchev–Trinajstić information content (AvgIpc) is 3.00. The molecule has 0 saturated heterocycles. The summed E-state index contributed by atoms with van der Waals surface area (Å²) < 4.78 is 5.79. The fraction of sp³-hybridized carbons (Fsp3) is 0.292. The molecule has 0 saturated carbocycles. The van der Waals surface area contributed by atoms with Crippen LogP contribution in [0.1, 0.15) is 35.8 Å². The predicted molar refractivity (Wildman–Crippen MR) is 120 cm³/mol. The van der Waals surface area contributed by atoms with Gasteiger partial charge in [-0.2, -0.15) is 0 Å². The zero-order chi connectivity index (χ0) is 22.2. The van der Waals surface area contributed by atoms with Crippen molar-refractivity contribution in [2.75, 3.05) is 12.4 Å². The molecule has 0 fully saturated rings. The first-order valence-corrected chi connectivity index (χ1v) is 10.2. The molecule has 0 bridgehead atoms. The summed E-state index contributed by atoms with van der Waals surface area (Å²) in [6.45, 7) is 4.08. The van der Waals surface area contributed by atoms with Crippen LogP contribution in [-0.2, 0) is 22.6 Å². The van der Waals surface area contributed by atoms with Gasteiger partial charge in [0.2, 0.25) is 11.8 Å². The number of aryl methyl sites for hydroxylation is 2.